The highest BCUT2D eigenvalue weighted by atomic mass is 32.3. The Morgan fingerprint density at radius 1 is 1.47 bits per heavy atom. The van der Waals surface area contributed by atoms with Crippen molar-refractivity contribution in [3.63, 3.8) is 0 Å². The number of nitrogens with zero attached hydrogens (tertiary/aromatic N) is 1. The van der Waals surface area contributed by atoms with Crippen LogP contribution < -0.4 is 4.72 Å². The monoisotopic (exact) mass is 283 g/mol. The van der Waals surface area contributed by atoms with Crippen LogP contribution in [0.15, 0.2) is 6.07 Å². The molecule has 3 N–H and O–H groups in total. The van der Waals surface area contributed by atoms with Gasteiger partial charge in [0.1, 0.15) is 5.69 Å². The molecular weight excluding hydrogens is 274 g/mol. The summed E-state index contributed by atoms with van der Waals surface area (Å²) in [4.78, 5) is 10.5. The van der Waals surface area contributed by atoms with Gasteiger partial charge in [-0.05, 0) is 0 Å². The second-order valence-corrected chi connectivity index (χ2v) is 7.46. The van der Waals surface area contributed by atoms with E-state index in [0.717, 1.165) is 12.3 Å². The van der Waals surface area contributed by atoms with Gasteiger partial charge in [0, 0.05) is 12.3 Å². The first-order chi connectivity index (χ1) is 7.59. The number of carbonyl (C=O) groups is 1. The molecule has 0 aromatic carbocycles. The van der Waals surface area contributed by atoms with Crippen molar-refractivity contribution in [1.82, 2.24) is 10.2 Å². The van der Waals surface area contributed by atoms with Crippen molar-refractivity contribution in [2.24, 2.45) is 0 Å². The number of aromatic nitrogens is 2. The number of hydrogen-bond acceptors (Lipinski definition) is 6. The van der Waals surface area contributed by atoms with Gasteiger partial charge in [0.2, 0.25) is 10.0 Å². The Labute approximate surface area is 96.8 Å². The molecular formula is C6H9N3O6S2. The number of anilines is 1. The second kappa shape index (κ2) is 4.33. The fourth-order valence-electron chi connectivity index (χ4n) is 0.954. The molecule has 0 aliphatic carbocycles. The van der Waals surface area contributed by atoms with Crippen LogP contribution in [0.2, 0.25) is 0 Å². The Kier molecular flexibility index (Phi) is 3.43. The summed E-state index contributed by atoms with van der Waals surface area (Å²) >= 11 is 0. The standard InChI is InChI=1S/C6H9N3O6S2/c1-16(12,13)3-17(14,15)9-5-2-4(6(10)11)7-8-5/h2H,3H2,1H3,(H,10,11)(H2,7,8,9). The lowest BCUT2D eigenvalue weighted by atomic mass is 10.4. The minimum absolute atomic E-state index is 0.286. The van der Waals surface area contributed by atoms with Gasteiger partial charge in [-0.25, -0.2) is 21.6 Å². The summed E-state index contributed by atoms with van der Waals surface area (Å²) in [6, 6.07) is 0.933. The summed E-state index contributed by atoms with van der Waals surface area (Å²) in [5.41, 5.74) is -0.318. The maximum Gasteiger partial charge on any atom is 0.353 e. The number of nitrogens with one attached hydrogen (secondary N) is 2. The minimum Gasteiger partial charge on any atom is -0.477 e. The zero-order chi connectivity index (χ0) is 13.3. The average Bonchev–Trinajstić information content (AvgIpc) is 2.46. The highest BCUT2D eigenvalue weighted by molar-refractivity contribution is 8.08. The lowest BCUT2D eigenvalue weighted by Crippen LogP contribution is -2.22. The lowest BCUT2D eigenvalue weighted by molar-refractivity contribution is 0.0690. The molecule has 0 atom stereocenters. The fourth-order valence-corrected chi connectivity index (χ4v) is 3.87. The molecule has 0 aliphatic heterocycles. The summed E-state index contributed by atoms with van der Waals surface area (Å²) in [6.45, 7) is 0. The van der Waals surface area contributed by atoms with Gasteiger partial charge in [0.15, 0.2) is 20.7 Å². The molecule has 0 aliphatic rings. The Balaban J connectivity index is 2.87. The second-order valence-electron chi connectivity index (χ2n) is 3.23. The first-order valence-corrected chi connectivity index (χ1v) is 7.77. The van der Waals surface area contributed by atoms with Gasteiger partial charge in [-0.2, -0.15) is 5.10 Å². The number of hydrogen-bond donors (Lipinski definition) is 3. The van der Waals surface area contributed by atoms with E-state index in [2.05, 4.69) is 10.2 Å². The Bertz CT molecular complexity index is 628. The molecule has 11 heteroatoms. The molecule has 0 unspecified atom stereocenters. The summed E-state index contributed by atoms with van der Waals surface area (Å²) in [5, 5.41) is 12.9. The largest absolute Gasteiger partial charge is 0.477 e. The lowest BCUT2D eigenvalue weighted by Gasteiger charge is -2.02. The number of carboxylic acids is 1. The van der Waals surface area contributed by atoms with Crippen LogP contribution in [0.5, 0.6) is 0 Å². The van der Waals surface area contributed by atoms with Crippen LogP contribution in [0.1, 0.15) is 10.5 Å². The van der Waals surface area contributed by atoms with Crippen molar-refractivity contribution in [3.8, 4) is 0 Å². The molecule has 0 radical (unpaired) electrons. The van der Waals surface area contributed by atoms with Crippen LogP contribution in [0.4, 0.5) is 5.82 Å². The van der Waals surface area contributed by atoms with Crippen molar-refractivity contribution in [2.45, 2.75) is 0 Å². The molecule has 1 aromatic rings. The molecule has 0 saturated carbocycles. The number of aromatic amines is 1. The molecule has 17 heavy (non-hydrogen) atoms. The topological polar surface area (TPSA) is 146 Å². The molecule has 96 valence electrons. The van der Waals surface area contributed by atoms with Crippen molar-refractivity contribution in [1.29, 1.82) is 0 Å². The molecule has 0 fully saturated rings. The summed E-state index contributed by atoms with van der Waals surface area (Å²) in [6.07, 6.45) is 0.763. The Morgan fingerprint density at radius 3 is 2.47 bits per heavy atom. The van der Waals surface area contributed by atoms with Crippen LogP contribution in [-0.4, -0.2) is 49.4 Å². The summed E-state index contributed by atoms with van der Waals surface area (Å²) in [7, 11) is -7.83. The molecule has 0 saturated heterocycles. The number of rotatable bonds is 5. The smallest absolute Gasteiger partial charge is 0.353 e. The van der Waals surface area contributed by atoms with E-state index in [1.165, 1.54) is 0 Å². The zero-order valence-corrected chi connectivity index (χ0v) is 10.2. The Morgan fingerprint density at radius 2 is 2.06 bits per heavy atom. The van der Waals surface area contributed by atoms with Crippen molar-refractivity contribution in [2.75, 3.05) is 16.1 Å². The third-order valence-corrected chi connectivity index (χ3v) is 4.91. The van der Waals surface area contributed by atoms with Crippen LogP contribution >= 0.6 is 0 Å². The van der Waals surface area contributed by atoms with Gasteiger partial charge >= 0.3 is 5.97 Å². The predicted molar refractivity (Wildman–Crippen MR) is 57.8 cm³/mol. The van der Waals surface area contributed by atoms with E-state index in [4.69, 9.17) is 5.11 Å². The first-order valence-electron chi connectivity index (χ1n) is 4.06. The van der Waals surface area contributed by atoms with Crippen LogP contribution in [0, 0.1) is 0 Å². The molecule has 9 nitrogen and oxygen atoms in total. The summed E-state index contributed by atoms with van der Waals surface area (Å²) in [5.74, 6) is -1.60. The van der Waals surface area contributed by atoms with Crippen LogP contribution in [0.25, 0.3) is 0 Å². The minimum atomic E-state index is -4.12. The zero-order valence-electron chi connectivity index (χ0n) is 8.54. The van der Waals surface area contributed by atoms with Crippen LogP contribution in [0.3, 0.4) is 0 Å². The number of H-pyrrole nitrogens is 1. The predicted octanol–water partition coefficient (Wildman–Crippen LogP) is -1.15. The van der Waals surface area contributed by atoms with Crippen LogP contribution in [-0.2, 0) is 19.9 Å². The molecule has 0 spiro atoms. The van der Waals surface area contributed by atoms with E-state index in [0.29, 0.717) is 0 Å². The number of carboxylic acid groups (broad SMARTS) is 1. The van der Waals surface area contributed by atoms with Gasteiger partial charge in [-0.1, -0.05) is 0 Å². The highest BCUT2D eigenvalue weighted by Gasteiger charge is 2.19. The third kappa shape index (κ3) is 4.40. The normalized spacial score (nSPS) is 12.3. The molecule has 0 bridgehead atoms. The SMILES string of the molecule is CS(=O)(=O)CS(=O)(=O)Nc1cc(C(=O)O)[nH]n1. The van der Waals surface area contributed by atoms with Gasteiger partial charge in [-0.3, -0.25) is 9.82 Å². The summed E-state index contributed by atoms with van der Waals surface area (Å²) < 4.78 is 46.1. The van der Waals surface area contributed by atoms with Gasteiger partial charge < -0.3 is 5.11 Å². The number of aromatic carboxylic acids is 1. The third-order valence-electron chi connectivity index (χ3n) is 1.44. The van der Waals surface area contributed by atoms with Gasteiger partial charge in [0.05, 0.1) is 0 Å². The van der Waals surface area contributed by atoms with E-state index in [1.54, 1.807) is 0 Å². The van der Waals surface area contributed by atoms with Crippen molar-refractivity contribution < 1.29 is 26.7 Å². The maximum absolute atomic E-state index is 11.3. The Hall–Kier alpha value is -1.62. The molecule has 1 rings (SSSR count). The van der Waals surface area contributed by atoms with Gasteiger partial charge in [-0.15, -0.1) is 0 Å². The van der Waals surface area contributed by atoms with E-state index >= 15 is 0 Å². The maximum atomic E-state index is 11.3. The molecule has 0 amide bonds. The van der Waals surface area contributed by atoms with E-state index < -0.39 is 30.9 Å². The average molecular weight is 283 g/mol. The number of sulfone groups is 1. The van der Waals surface area contributed by atoms with Crippen molar-refractivity contribution >= 4 is 31.6 Å². The fraction of sp³-hybridized carbons (Fsp3) is 0.333. The van der Waals surface area contributed by atoms with E-state index in [-0.39, 0.29) is 11.5 Å². The van der Waals surface area contributed by atoms with E-state index in [1.807, 2.05) is 4.72 Å². The molecule has 1 heterocycles. The van der Waals surface area contributed by atoms with Gasteiger partial charge in [0.25, 0.3) is 0 Å². The highest BCUT2D eigenvalue weighted by Crippen LogP contribution is 2.08. The number of sulfonamides is 1. The molecule has 1 aromatic heterocycles. The first kappa shape index (κ1) is 13.4. The quantitative estimate of drug-likeness (QED) is 0.618. The van der Waals surface area contributed by atoms with E-state index in [9.17, 15) is 21.6 Å². The van der Waals surface area contributed by atoms with Crippen molar-refractivity contribution in [3.05, 3.63) is 11.8 Å².